The molecule has 0 radical (unpaired) electrons. The highest BCUT2D eigenvalue weighted by Gasteiger charge is 2.17. The molecule has 2 aromatic rings. The molecule has 2 aromatic carbocycles. The highest BCUT2D eigenvalue weighted by atomic mass is 16.5. The number of amides is 1. The zero-order valence-electron chi connectivity index (χ0n) is 15.2. The molecule has 0 bridgehead atoms. The largest absolute Gasteiger partial charge is 0.481 e. The Morgan fingerprint density at radius 3 is 2.33 bits per heavy atom. The van der Waals surface area contributed by atoms with Crippen LogP contribution in [0.15, 0.2) is 42.5 Å². The first kappa shape index (κ1) is 18.1. The Bertz CT molecular complexity index is 689. The minimum atomic E-state index is -0.556. The number of carbonyl (C=O) groups excluding carboxylic acids is 1. The van der Waals surface area contributed by atoms with Crippen LogP contribution in [0.4, 0.5) is 5.69 Å². The Morgan fingerprint density at radius 1 is 1.08 bits per heavy atom. The zero-order valence-corrected chi connectivity index (χ0v) is 15.2. The molecule has 1 atom stereocenters. The smallest absolute Gasteiger partial charge is 0.265 e. The first-order chi connectivity index (χ1) is 11.4. The van der Waals surface area contributed by atoms with Crippen molar-refractivity contribution in [3.05, 3.63) is 59.2 Å². The predicted octanol–water partition coefficient (Wildman–Crippen LogP) is 5.09. The van der Waals surface area contributed by atoms with E-state index in [4.69, 9.17) is 4.74 Å². The van der Waals surface area contributed by atoms with Crippen LogP contribution in [-0.2, 0) is 11.2 Å². The molecular weight excluding hydrogens is 298 g/mol. The van der Waals surface area contributed by atoms with Gasteiger partial charge in [-0.05, 0) is 55.0 Å². The van der Waals surface area contributed by atoms with Crippen molar-refractivity contribution in [2.24, 2.45) is 0 Å². The summed E-state index contributed by atoms with van der Waals surface area (Å²) >= 11 is 0. The highest BCUT2D eigenvalue weighted by molar-refractivity contribution is 5.95. The number of benzene rings is 2. The number of para-hydroxylation sites is 1. The van der Waals surface area contributed by atoms with Gasteiger partial charge in [-0.1, -0.05) is 51.1 Å². The lowest BCUT2D eigenvalue weighted by Gasteiger charge is -2.18. The number of ether oxygens (including phenoxy) is 1. The van der Waals surface area contributed by atoms with Crippen LogP contribution in [0.2, 0.25) is 0 Å². The van der Waals surface area contributed by atoms with Gasteiger partial charge in [0.15, 0.2) is 6.10 Å². The van der Waals surface area contributed by atoms with E-state index >= 15 is 0 Å². The lowest BCUT2D eigenvalue weighted by atomic mass is 10.0. The number of hydrogen-bond acceptors (Lipinski definition) is 2. The maximum absolute atomic E-state index is 12.5. The molecule has 128 valence electrons. The second-order valence-corrected chi connectivity index (χ2v) is 6.44. The fourth-order valence-electron chi connectivity index (χ4n) is 2.62. The molecule has 0 aliphatic heterocycles. The van der Waals surface area contributed by atoms with E-state index in [1.54, 1.807) is 6.92 Å². The molecule has 0 heterocycles. The van der Waals surface area contributed by atoms with Gasteiger partial charge in [-0.2, -0.15) is 0 Å². The van der Waals surface area contributed by atoms with Crippen molar-refractivity contribution in [1.29, 1.82) is 0 Å². The molecule has 2 rings (SSSR count). The van der Waals surface area contributed by atoms with Crippen LogP contribution in [0, 0.1) is 6.92 Å². The van der Waals surface area contributed by atoms with Crippen LogP contribution in [0.3, 0.4) is 0 Å². The normalized spacial score (nSPS) is 12.1. The Kier molecular flexibility index (Phi) is 6.02. The summed E-state index contributed by atoms with van der Waals surface area (Å²) in [6.07, 6.45) is 0.322. The molecular formula is C21H27NO2. The minimum Gasteiger partial charge on any atom is -0.481 e. The van der Waals surface area contributed by atoms with Gasteiger partial charge in [0, 0.05) is 5.69 Å². The SMILES string of the molecule is CCc1cccc(C)c1NC(=O)[C@H](C)Oc1ccc(C(C)C)cc1. The first-order valence-electron chi connectivity index (χ1n) is 8.58. The number of carbonyl (C=O) groups is 1. The number of anilines is 1. The predicted molar refractivity (Wildman–Crippen MR) is 99.8 cm³/mol. The van der Waals surface area contributed by atoms with Gasteiger partial charge in [-0.3, -0.25) is 4.79 Å². The molecule has 1 amide bonds. The van der Waals surface area contributed by atoms with Gasteiger partial charge in [-0.25, -0.2) is 0 Å². The standard InChI is InChI=1S/C21H27NO2/c1-6-17-9-7-8-15(4)20(17)22-21(23)16(5)24-19-12-10-18(11-13-19)14(2)3/h7-14,16H,6H2,1-5H3,(H,22,23)/t16-/m0/s1. The van der Waals surface area contributed by atoms with E-state index in [-0.39, 0.29) is 5.91 Å². The number of rotatable bonds is 6. The lowest BCUT2D eigenvalue weighted by Crippen LogP contribution is -2.30. The Balaban J connectivity index is 2.05. The van der Waals surface area contributed by atoms with Crippen molar-refractivity contribution in [3.8, 4) is 5.75 Å². The third-order valence-corrected chi connectivity index (χ3v) is 4.22. The van der Waals surface area contributed by atoms with Gasteiger partial charge >= 0.3 is 0 Å². The topological polar surface area (TPSA) is 38.3 Å². The maximum atomic E-state index is 12.5. The summed E-state index contributed by atoms with van der Waals surface area (Å²) in [4.78, 5) is 12.5. The molecule has 0 saturated heterocycles. The van der Waals surface area contributed by atoms with Crippen molar-refractivity contribution < 1.29 is 9.53 Å². The molecule has 3 nitrogen and oxygen atoms in total. The Hall–Kier alpha value is -2.29. The van der Waals surface area contributed by atoms with Gasteiger partial charge < -0.3 is 10.1 Å². The van der Waals surface area contributed by atoms with Crippen molar-refractivity contribution in [2.45, 2.75) is 53.1 Å². The van der Waals surface area contributed by atoms with Crippen molar-refractivity contribution >= 4 is 11.6 Å². The Morgan fingerprint density at radius 2 is 1.75 bits per heavy atom. The van der Waals surface area contributed by atoms with Crippen LogP contribution in [0.25, 0.3) is 0 Å². The van der Waals surface area contributed by atoms with Gasteiger partial charge in [0.25, 0.3) is 5.91 Å². The minimum absolute atomic E-state index is 0.132. The summed E-state index contributed by atoms with van der Waals surface area (Å²) in [7, 11) is 0. The second-order valence-electron chi connectivity index (χ2n) is 6.44. The average molecular weight is 325 g/mol. The van der Waals surface area contributed by atoms with Crippen LogP contribution in [0.5, 0.6) is 5.75 Å². The van der Waals surface area contributed by atoms with Crippen LogP contribution in [0.1, 0.15) is 50.3 Å². The third kappa shape index (κ3) is 4.38. The van der Waals surface area contributed by atoms with Gasteiger partial charge in [0.1, 0.15) is 5.75 Å². The van der Waals surface area contributed by atoms with Gasteiger partial charge in [0.2, 0.25) is 0 Å². The van der Waals surface area contributed by atoms with E-state index in [1.807, 2.05) is 49.4 Å². The molecule has 0 saturated carbocycles. The van der Waals surface area contributed by atoms with Gasteiger partial charge in [0.05, 0.1) is 0 Å². The van der Waals surface area contributed by atoms with E-state index in [0.717, 1.165) is 23.2 Å². The van der Waals surface area contributed by atoms with Crippen molar-refractivity contribution in [1.82, 2.24) is 0 Å². The monoisotopic (exact) mass is 325 g/mol. The molecule has 0 aromatic heterocycles. The summed E-state index contributed by atoms with van der Waals surface area (Å²) in [5.74, 6) is 1.06. The zero-order chi connectivity index (χ0) is 17.7. The second kappa shape index (κ2) is 8.00. The Labute approximate surface area is 145 Å². The molecule has 0 fully saturated rings. The molecule has 0 spiro atoms. The average Bonchev–Trinajstić information content (AvgIpc) is 2.57. The first-order valence-corrected chi connectivity index (χ1v) is 8.58. The fraction of sp³-hybridized carbons (Fsp3) is 0.381. The number of nitrogens with one attached hydrogen (secondary N) is 1. The lowest BCUT2D eigenvalue weighted by molar-refractivity contribution is -0.122. The molecule has 0 aliphatic carbocycles. The molecule has 24 heavy (non-hydrogen) atoms. The van der Waals surface area contributed by atoms with Crippen LogP contribution in [-0.4, -0.2) is 12.0 Å². The van der Waals surface area contributed by atoms with E-state index < -0.39 is 6.10 Å². The molecule has 1 N–H and O–H groups in total. The van der Waals surface area contributed by atoms with Crippen molar-refractivity contribution in [2.75, 3.05) is 5.32 Å². The molecule has 3 heteroatoms. The third-order valence-electron chi connectivity index (χ3n) is 4.22. The van der Waals surface area contributed by atoms with Crippen LogP contribution < -0.4 is 10.1 Å². The van der Waals surface area contributed by atoms with E-state index in [1.165, 1.54) is 5.56 Å². The number of aryl methyl sites for hydroxylation is 2. The summed E-state index contributed by atoms with van der Waals surface area (Å²) < 4.78 is 5.78. The van der Waals surface area contributed by atoms with Crippen LogP contribution >= 0.6 is 0 Å². The quantitative estimate of drug-likeness (QED) is 0.803. The molecule has 0 aliphatic rings. The maximum Gasteiger partial charge on any atom is 0.265 e. The van der Waals surface area contributed by atoms with E-state index in [0.29, 0.717) is 11.7 Å². The van der Waals surface area contributed by atoms with Crippen molar-refractivity contribution in [3.63, 3.8) is 0 Å². The summed E-state index contributed by atoms with van der Waals surface area (Å²) in [5.41, 5.74) is 4.36. The van der Waals surface area contributed by atoms with E-state index in [9.17, 15) is 4.79 Å². The summed E-state index contributed by atoms with van der Waals surface area (Å²) in [6, 6.07) is 14.0. The number of hydrogen-bond donors (Lipinski definition) is 1. The highest BCUT2D eigenvalue weighted by Crippen LogP contribution is 2.22. The van der Waals surface area contributed by atoms with Gasteiger partial charge in [-0.15, -0.1) is 0 Å². The molecule has 0 unspecified atom stereocenters. The summed E-state index contributed by atoms with van der Waals surface area (Å²) in [6.45, 7) is 10.2. The fourth-order valence-corrected chi connectivity index (χ4v) is 2.62. The summed E-state index contributed by atoms with van der Waals surface area (Å²) in [5, 5.41) is 3.02. The van der Waals surface area contributed by atoms with E-state index in [2.05, 4.69) is 26.1 Å².